The Morgan fingerprint density at radius 3 is 2.31 bits per heavy atom. The molecule has 1 aromatic heterocycles. The monoisotopic (exact) mass is 349 g/mol. The highest BCUT2D eigenvalue weighted by Crippen LogP contribution is 2.36. The third-order valence-corrected chi connectivity index (χ3v) is 5.50. The predicted octanol–water partition coefficient (Wildman–Crippen LogP) is 2.58. The van der Waals surface area contributed by atoms with Gasteiger partial charge in [0.2, 0.25) is 5.91 Å². The number of pyridine rings is 1. The molecule has 1 aromatic carbocycles. The van der Waals surface area contributed by atoms with Gasteiger partial charge in [-0.3, -0.25) is 14.6 Å². The van der Waals surface area contributed by atoms with Gasteiger partial charge in [-0.2, -0.15) is 0 Å². The number of piperidine rings is 1. The molecular formula is C21H23N3O2. The Balaban J connectivity index is 1.38. The summed E-state index contributed by atoms with van der Waals surface area (Å²) in [6.07, 6.45) is 7.47. The highest BCUT2D eigenvalue weighted by molar-refractivity contribution is 5.94. The summed E-state index contributed by atoms with van der Waals surface area (Å²) in [4.78, 5) is 31.2. The maximum absolute atomic E-state index is 12.8. The van der Waals surface area contributed by atoms with Crippen LogP contribution >= 0.6 is 0 Å². The first-order chi connectivity index (χ1) is 12.7. The second kappa shape index (κ2) is 7.28. The Kier molecular flexibility index (Phi) is 4.69. The van der Waals surface area contributed by atoms with Crippen molar-refractivity contribution in [2.45, 2.75) is 50.2 Å². The standard InChI is InChI=1S/C21H23N3O2/c25-20(12-15-4-2-1-3-5-15)24-18-6-7-19(24)14-17(13-18)23-21(26)16-8-10-22-11-9-16/h1-5,8-11,17-19H,6-7,12-14H2,(H,23,26)/t17?,18-,19+. The molecule has 0 aliphatic carbocycles. The van der Waals surface area contributed by atoms with E-state index in [-0.39, 0.29) is 29.9 Å². The smallest absolute Gasteiger partial charge is 0.251 e. The number of nitrogens with one attached hydrogen (secondary N) is 1. The van der Waals surface area contributed by atoms with Gasteiger partial charge < -0.3 is 10.2 Å². The van der Waals surface area contributed by atoms with Crippen LogP contribution in [0.5, 0.6) is 0 Å². The molecule has 2 aromatic rings. The van der Waals surface area contributed by atoms with Crippen LogP contribution < -0.4 is 5.32 Å². The van der Waals surface area contributed by atoms with Crippen molar-refractivity contribution in [1.29, 1.82) is 0 Å². The summed E-state index contributed by atoms with van der Waals surface area (Å²) >= 11 is 0. The number of carbonyl (C=O) groups is 2. The first kappa shape index (κ1) is 16.8. The molecule has 5 heteroatoms. The number of hydrogen-bond donors (Lipinski definition) is 1. The molecule has 2 bridgehead atoms. The van der Waals surface area contributed by atoms with E-state index in [2.05, 4.69) is 15.2 Å². The van der Waals surface area contributed by atoms with Crippen LogP contribution in [0.25, 0.3) is 0 Å². The molecule has 0 radical (unpaired) electrons. The van der Waals surface area contributed by atoms with Crippen LogP contribution in [0.1, 0.15) is 41.6 Å². The summed E-state index contributed by atoms with van der Waals surface area (Å²) < 4.78 is 0. The van der Waals surface area contributed by atoms with Crippen LogP contribution in [-0.2, 0) is 11.2 Å². The molecule has 2 saturated heterocycles. The van der Waals surface area contributed by atoms with Gasteiger partial charge in [0.15, 0.2) is 0 Å². The first-order valence-corrected chi connectivity index (χ1v) is 9.26. The Morgan fingerprint density at radius 1 is 1.00 bits per heavy atom. The van der Waals surface area contributed by atoms with Crippen molar-refractivity contribution in [1.82, 2.24) is 15.2 Å². The van der Waals surface area contributed by atoms with Crippen molar-refractivity contribution < 1.29 is 9.59 Å². The van der Waals surface area contributed by atoms with Crippen LogP contribution in [0.2, 0.25) is 0 Å². The summed E-state index contributed by atoms with van der Waals surface area (Å²) in [6, 6.07) is 14.0. The molecule has 2 fully saturated rings. The van der Waals surface area contributed by atoms with E-state index in [1.54, 1.807) is 24.5 Å². The van der Waals surface area contributed by atoms with E-state index in [1.807, 2.05) is 30.3 Å². The van der Waals surface area contributed by atoms with Crippen molar-refractivity contribution in [2.75, 3.05) is 0 Å². The van der Waals surface area contributed by atoms with Gasteiger partial charge in [0.05, 0.1) is 6.42 Å². The summed E-state index contributed by atoms with van der Waals surface area (Å²) in [5.41, 5.74) is 1.69. The minimum atomic E-state index is -0.0548. The number of fused-ring (bicyclic) bond motifs is 2. The van der Waals surface area contributed by atoms with Gasteiger partial charge in [0.25, 0.3) is 5.91 Å². The maximum atomic E-state index is 12.8. The lowest BCUT2D eigenvalue weighted by Crippen LogP contribution is -2.52. The normalized spacial score (nSPS) is 24.3. The van der Waals surface area contributed by atoms with E-state index in [0.717, 1.165) is 31.2 Å². The lowest BCUT2D eigenvalue weighted by molar-refractivity contribution is -0.135. The number of carbonyl (C=O) groups excluding carboxylic acids is 2. The number of hydrogen-bond acceptors (Lipinski definition) is 3. The third kappa shape index (κ3) is 3.47. The van der Waals surface area contributed by atoms with E-state index in [0.29, 0.717) is 12.0 Å². The molecule has 2 amide bonds. The van der Waals surface area contributed by atoms with Gasteiger partial charge in [-0.05, 0) is 43.4 Å². The molecular weight excluding hydrogens is 326 g/mol. The fraction of sp³-hybridized carbons (Fsp3) is 0.381. The number of benzene rings is 1. The third-order valence-electron chi connectivity index (χ3n) is 5.50. The topological polar surface area (TPSA) is 62.3 Å². The van der Waals surface area contributed by atoms with Crippen LogP contribution in [0.15, 0.2) is 54.9 Å². The van der Waals surface area contributed by atoms with Gasteiger partial charge in [0.1, 0.15) is 0 Å². The first-order valence-electron chi connectivity index (χ1n) is 9.26. The van der Waals surface area contributed by atoms with Crippen molar-refractivity contribution in [2.24, 2.45) is 0 Å². The molecule has 2 aliphatic heterocycles. The van der Waals surface area contributed by atoms with Gasteiger partial charge >= 0.3 is 0 Å². The van der Waals surface area contributed by atoms with Crippen molar-refractivity contribution in [3.05, 3.63) is 66.0 Å². The lowest BCUT2D eigenvalue weighted by atomic mass is 9.96. The molecule has 4 rings (SSSR count). The van der Waals surface area contributed by atoms with Crippen molar-refractivity contribution in [3.63, 3.8) is 0 Å². The average molecular weight is 349 g/mol. The second-order valence-corrected chi connectivity index (χ2v) is 7.23. The zero-order valence-corrected chi connectivity index (χ0v) is 14.7. The number of aromatic nitrogens is 1. The number of nitrogens with zero attached hydrogens (tertiary/aromatic N) is 2. The summed E-state index contributed by atoms with van der Waals surface area (Å²) in [6.45, 7) is 0. The highest BCUT2D eigenvalue weighted by Gasteiger charge is 2.43. The molecule has 3 heterocycles. The van der Waals surface area contributed by atoms with E-state index < -0.39 is 0 Å². The summed E-state index contributed by atoms with van der Waals surface area (Å²) in [7, 11) is 0. The molecule has 1 N–H and O–H groups in total. The second-order valence-electron chi connectivity index (χ2n) is 7.23. The maximum Gasteiger partial charge on any atom is 0.251 e. The van der Waals surface area contributed by atoms with E-state index in [9.17, 15) is 9.59 Å². The fourth-order valence-electron chi connectivity index (χ4n) is 4.34. The Hall–Kier alpha value is -2.69. The van der Waals surface area contributed by atoms with Crippen LogP contribution in [0, 0.1) is 0 Å². The predicted molar refractivity (Wildman–Crippen MR) is 98.5 cm³/mol. The van der Waals surface area contributed by atoms with Crippen molar-refractivity contribution >= 4 is 11.8 Å². The van der Waals surface area contributed by atoms with Crippen molar-refractivity contribution in [3.8, 4) is 0 Å². The lowest BCUT2D eigenvalue weighted by Gasteiger charge is -2.39. The Bertz CT molecular complexity index is 764. The Morgan fingerprint density at radius 2 is 1.65 bits per heavy atom. The molecule has 1 unspecified atom stereocenters. The van der Waals surface area contributed by atoms with Gasteiger partial charge in [-0.25, -0.2) is 0 Å². The SMILES string of the molecule is O=C(NC1C[C@H]2CC[C@@H](C1)N2C(=O)Cc1ccccc1)c1ccncc1. The van der Waals surface area contributed by atoms with E-state index >= 15 is 0 Å². The molecule has 0 saturated carbocycles. The van der Waals surface area contributed by atoms with Gasteiger partial charge in [-0.1, -0.05) is 30.3 Å². The average Bonchev–Trinajstić information content (AvgIpc) is 2.94. The Labute approximate surface area is 153 Å². The molecule has 0 spiro atoms. The van der Waals surface area contributed by atoms with E-state index in [1.165, 1.54) is 0 Å². The van der Waals surface area contributed by atoms with Crippen LogP contribution in [0.4, 0.5) is 0 Å². The molecule has 26 heavy (non-hydrogen) atoms. The zero-order valence-electron chi connectivity index (χ0n) is 14.7. The summed E-state index contributed by atoms with van der Waals surface area (Å²) in [5, 5.41) is 3.14. The summed E-state index contributed by atoms with van der Waals surface area (Å²) in [5.74, 6) is 0.156. The quantitative estimate of drug-likeness (QED) is 0.923. The highest BCUT2D eigenvalue weighted by atomic mass is 16.2. The van der Waals surface area contributed by atoms with Gasteiger partial charge in [0, 0.05) is 36.1 Å². The van der Waals surface area contributed by atoms with Crippen LogP contribution in [0.3, 0.4) is 0 Å². The molecule has 5 nitrogen and oxygen atoms in total. The minimum absolute atomic E-state index is 0.0548. The molecule has 134 valence electrons. The fourth-order valence-corrected chi connectivity index (χ4v) is 4.34. The van der Waals surface area contributed by atoms with E-state index in [4.69, 9.17) is 0 Å². The van der Waals surface area contributed by atoms with Gasteiger partial charge in [-0.15, -0.1) is 0 Å². The number of amides is 2. The largest absolute Gasteiger partial charge is 0.349 e. The zero-order chi connectivity index (χ0) is 17.9. The number of rotatable bonds is 4. The minimum Gasteiger partial charge on any atom is -0.349 e. The molecule has 2 aliphatic rings. The van der Waals surface area contributed by atoms with Crippen LogP contribution in [-0.4, -0.2) is 39.8 Å². The molecule has 3 atom stereocenters.